The zero-order valence-electron chi connectivity index (χ0n) is 17.7. The molecule has 0 bridgehead atoms. The number of hydrogen-bond donors (Lipinski definition) is 0. The molecule has 0 radical (unpaired) electrons. The quantitative estimate of drug-likeness (QED) is 0.410. The average molecular weight is 433 g/mol. The molecule has 2 heteroatoms. The highest BCUT2D eigenvalue weighted by atomic mass is 79.9. The molecule has 0 aliphatic heterocycles. The number of alkyl halides is 1. The van der Waals surface area contributed by atoms with Gasteiger partial charge in [-0.05, 0) is 84.7 Å². The minimum atomic E-state index is 0.323. The van der Waals surface area contributed by atoms with Gasteiger partial charge in [-0.15, -0.1) is 0 Å². The van der Waals surface area contributed by atoms with Crippen LogP contribution in [0.5, 0.6) is 0 Å². The highest BCUT2D eigenvalue weighted by molar-refractivity contribution is 9.09. The predicted molar refractivity (Wildman–Crippen MR) is 118 cm³/mol. The van der Waals surface area contributed by atoms with Crippen molar-refractivity contribution in [3.8, 4) is 0 Å². The van der Waals surface area contributed by atoms with E-state index in [0.717, 1.165) is 48.5 Å². The van der Waals surface area contributed by atoms with E-state index in [2.05, 4.69) is 61.9 Å². The van der Waals surface area contributed by atoms with E-state index in [4.69, 9.17) is 4.74 Å². The van der Waals surface area contributed by atoms with Crippen molar-refractivity contribution in [3.05, 3.63) is 35.1 Å². The largest absolute Gasteiger partial charge is 0.498 e. The fourth-order valence-corrected chi connectivity index (χ4v) is 7.53. The van der Waals surface area contributed by atoms with Crippen molar-refractivity contribution < 1.29 is 4.74 Å². The number of halogens is 1. The van der Waals surface area contributed by atoms with E-state index in [1.54, 1.807) is 5.57 Å². The molecule has 150 valence electrons. The van der Waals surface area contributed by atoms with Crippen LogP contribution in [0.3, 0.4) is 0 Å². The zero-order valence-corrected chi connectivity index (χ0v) is 19.3. The number of hydrogen-bond acceptors (Lipinski definition) is 1. The van der Waals surface area contributed by atoms with Crippen LogP contribution >= 0.6 is 15.9 Å². The Labute approximate surface area is 174 Å². The second-order valence-electron chi connectivity index (χ2n) is 10.1. The first-order valence-corrected chi connectivity index (χ1v) is 12.4. The van der Waals surface area contributed by atoms with Gasteiger partial charge >= 0.3 is 0 Å². The van der Waals surface area contributed by atoms with Crippen LogP contribution in [0.2, 0.25) is 0 Å². The van der Waals surface area contributed by atoms with Gasteiger partial charge in [0.2, 0.25) is 0 Å². The van der Waals surface area contributed by atoms with Gasteiger partial charge in [-0.3, -0.25) is 0 Å². The van der Waals surface area contributed by atoms with Gasteiger partial charge in [0.1, 0.15) is 0 Å². The summed E-state index contributed by atoms with van der Waals surface area (Å²) in [7, 11) is 0. The molecule has 0 aromatic carbocycles. The minimum absolute atomic E-state index is 0.323. The summed E-state index contributed by atoms with van der Waals surface area (Å²) in [5, 5.41) is 1.15. The Morgan fingerprint density at radius 2 is 1.96 bits per heavy atom. The van der Waals surface area contributed by atoms with E-state index in [1.165, 1.54) is 43.4 Å². The average Bonchev–Trinajstić information content (AvgIpc) is 3.02. The third-order valence-electron chi connectivity index (χ3n) is 8.70. The molecule has 0 aromatic heterocycles. The van der Waals surface area contributed by atoms with E-state index in [1.807, 2.05) is 0 Å². The number of fused-ring (bicyclic) bond motifs is 5. The second kappa shape index (κ2) is 7.39. The van der Waals surface area contributed by atoms with Crippen LogP contribution in [0.15, 0.2) is 35.1 Å². The lowest BCUT2D eigenvalue weighted by molar-refractivity contribution is 0.0564. The van der Waals surface area contributed by atoms with Gasteiger partial charge < -0.3 is 4.74 Å². The smallest absolute Gasteiger partial charge is 0.0962 e. The van der Waals surface area contributed by atoms with Gasteiger partial charge in [0.25, 0.3) is 0 Å². The van der Waals surface area contributed by atoms with Crippen molar-refractivity contribution in [3.63, 3.8) is 0 Å². The molecule has 2 saturated carbocycles. The Balaban J connectivity index is 1.64. The van der Waals surface area contributed by atoms with E-state index in [9.17, 15) is 0 Å². The number of allylic oxidation sites excluding steroid dienone is 6. The SMILES string of the molecule is CCCOC1=CC2=CC=C3C4CC[C@H]([C@H](C)CBr)[C@@]4(C)CCC3[C@]2(C)CC1. The maximum Gasteiger partial charge on any atom is 0.0962 e. The standard InChI is InChI=1S/C25H37BrO/c1-5-14-27-19-10-12-24(3)18(15-19)6-7-20-22-9-8-21(17(2)16-26)25(22,4)13-11-23(20)24/h6-7,15,17,21-23H,5,8-14,16H2,1-4H3/t17-,21-,22?,23?,24-,25-/m1/s1. The molecular formula is C25H37BrO. The molecule has 1 nitrogen and oxygen atoms in total. The number of rotatable bonds is 5. The van der Waals surface area contributed by atoms with Crippen LogP contribution in [0, 0.1) is 34.5 Å². The van der Waals surface area contributed by atoms with Crippen LogP contribution in [0.4, 0.5) is 0 Å². The Morgan fingerprint density at radius 1 is 1.15 bits per heavy atom. The third-order valence-corrected chi connectivity index (χ3v) is 9.72. The van der Waals surface area contributed by atoms with Crippen LogP contribution in [0.25, 0.3) is 0 Å². The molecule has 4 aliphatic carbocycles. The van der Waals surface area contributed by atoms with E-state index in [0.29, 0.717) is 10.8 Å². The van der Waals surface area contributed by atoms with Crippen molar-refractivity contribution >= 4 is 15.9 Å². The predicted octanol–water partition coefficient (Wildman–Crippen LogP) is 7.44. The Hall–Kier alpha value is -0.500. The van der Waals surface area contributed by atoms with Gasteiger partial charge in [0.15, 0.2) is 0 Å². The van der Waals surface area contributed by atoms with Crippen molar-refractivity contribution in [2.45, 2.75) is 72.6 Å². The van der Waals surface area contributed by atoms with Crippen molar-refractivity contribution in [2.24, 2.45) is 34.5 Å². The molecule has 0 spiro atoms. The monoisotopic (exact) mass is 432 g/mol. The molecule has 0 N–H and O–H groups in total. The first-order chi connectivity index (χ1) is 12.9. The fraction of sp³-hybridized carbons (Fsp3) is 0.760. The maximum absolute atomic E-state index is 6.00. The van der Waals surface area contributed by atoms with Crippen LogP contribution in [0.1, 0.15) is 72.6 Å². The van der Waals surface area contributed by atoms with Crippen molar-refractivity contribution in [2.75, 3.05) is 11.9 Å². The molecule has 4 aliphatic rings. The van der Waals surface area contributed by atoms with Crippen molar-refractivity contribution in [1.29, 1.82) is 0 Å². The Kier molecular flexibility index (Phi) is 5.42. The first-order valence-electron chi connectivity index (χ1n) is 11.3. The topological polar surface area (TPSA) is 9.23 Å². The van der Waals surface area contributed by atoms with E-state index >= 15 is 0 Å². The summed E-state index contributed by atoms with van der Waals surface area (Å²) in [5.41, 5.74) is 4.16. The highest BCUT2D eigenvalue weighted by Gasteiger charge is 2.56. The van der Waals surface area contributed by atoms with E-state index < -0.39 is 0 Å². The first kappa shape index (κ1) is 19.8. The molecular weight excluding hydrogens is 396 g/mol. The summed E-state index contributed by atoms with van der Waals surface area (Å²) in [6.07, 6.45) is 16.4. The molecule has 27 heavy (non-hydrogen) atoms. The summed E-state index contributed by atoms with van der Waals surface area (Å²) < 4.78 is 6.00. The summed E-state index contributed by atoms with van der Waals surface area (Å²) in [6, 6.07) is 0. The lowest BCUT2D eigenvalue weighted by Crippen LogP contribution is -2.45. The summed E-state index contributed by atoms with van der Waals surface area (Å²) in [4.78, 5) is 0. The minimum Gasteiger partial charge on any atom is -0.498 e. The lowest BCUT2D eigenvalue weighted by atomic mass is 9.51. The normalized spacial score (nSPS) is 41.5. The van der Waals surface area contributed by atoms with Crippen LogP contribution < -0.4 is 0 Å². The second-order valence-corrected chi connectivity index (χ2v) is 10.8. The van der Waals surface area contributed by atoms with Gasteiger partial charge in [-0.25, -0.2) is 0 Å². The highest BCUT2D eigenvalue weighted by Crippen LogP contribution is 2.65. The van der Waals surface area contributed by atoms with Crippen LogP contribution in [-0.2, 0) is 4.74 Å². The molecule has 0 heterocycles. The third kappa shape index (κ3) is 3.09. The summed E-state index contributed by atoms with van der Waals surface area (Å²) in [5.74, 6) is 4.43. The van der Waals surface area contributed by atoms with Crippen molar-refractivity contribution in [1.82, 2.24) is 0 Å². The van der Waals surface area contributed by atoms with E-state index in [-0.39, 0.29) is 0 Å². The Morgan fingerprint density at radius 3 is 2.70 bits per heavy atom. The van der Waals surface area contributed by atoms with Gasteiger partial charge in [0, 0.05) is 11.8 Å². The molecule has 2 unspecified atom stereocenters. The summed E-state index contributed by atoms with van der Waals surface area (Å²) >= 11 is 3.77. The van der Waals surface area contributed by atoms with Gasteiger partial charge in [-0.1, -0.05) is 61.4 Å². The van der Waals surface area contributed by atoms with Gasteiger partial charge in [0.05, 0.1) is 12.4 Å². The molecule has 2 fully saturated rings. The Bertz CT molecular complexity index is 674. The van der Waals surface area contributed by atoms with Gasteiger partial charge in [-0.2, -0.15) is 0 Å². The number of ether oxygens (including phenoxy) is 1. The zero-order chi connectivity index (χ0) is 19.2. The maximum atomic E-state index is 6.00. The van der Waals surface area contributed by atoms with Crippen LogP contribution in [-0.4, -0.2) is 11.9 Å². The molecule has 6 atom stereocenters. The fourth-order valence-electron chi connectivity index (χ4n) is 7.08. The lowest BCUT2D eigenvalue weighted by Gasteiger charge is -2.54. The molecule has 0 aromatic rings. The molecule has 0 amide bonds. The molecule has 4 rings (SSSR count). The molecule has 0 saturated heterocycles. The summed E-state index contributed by atoms with van der Waals surface area (Å²) in [6.45, 7) is 10.7.